The summed E-state index contributed by atoms with van der Waals surface area (Å²) in [5.41, 5.74) is 12.2. The van der Waals surface area contributed by atoms with Gasteiger partial charge in [-0.15, -0.1) is 0 Å². The fourth-order valence-corrected chi connectivity index (χ4v) is 2.57. The molecule has 3 rings (SSSR count). The molecule has 112 valence electrons. The molecule has 0 saturated carbocycles. The molecular weight excluding hydrogens is 278 g/mol. The van der Waals surface area contributed by atoms with E-state index in [0.29, 0.717) is 18.7 Å². The highest BCUT2D eigenvalue weighted by Gasteiger charge is 2.13. The number of nitrogens with two attached hydrogens (primary N) is 2. The van der Waals surface area contributed by atoms with Crippen LogP contribution in [-0.2, 0) is 0 Å². The number of carbonyl (C=O) groups excluding carboxylic acids is 1. The minimum absolute atomic E-state index is 0.440. The van der Waals surface area contributed by atoms with Crippen LogP contribution in [0.5, 0.6) is 0 Å². The molecular formula is C16H17N5O. The molecule has 0 fully saturated rings. The zero-order valence-electron chi connectivity index (χ0n) is 12.3. The summed E-state index contributed by atoms with van der Waals surface area (Å²) in [6.45, 7) is 1.22. The van der Waals surface area contributed by atoms with Gasteiger partial charge in [-0.3, -0.25) is 9.78 Å². The minimum atomic E-state index is -0.466. The van der Waals surface area contributed by atoms with E-state index in [1.54, 1.807) is 18.3 Å². The maximum absolute atomic E-state index is 11.4. The van der Waals surface area contributed by atoms with Gasteiger partial charge in [0.05, 0.1) is 5.52 Å². The zero-order chi connectivity index (χ0) is 15.7. The lowest BCUT2D eigenvalue weighted by Crippen LogP contribution is -2.26. The van der Waals surface area contributed by atoms with Crippen LogP contribution < -0.4 is 16.4 Å². The Hall–Kier alpha value is -2.73. The first-order valence-electron chi connectivity index (χ1n) is 7.00. The average molecular weight is 295 g/mol. The van der Waals surface area contributed by atoms with Gasteiger partial charge in [0.2, 0.25) is 5.91 Å². The van der Waals surface area contributed by atoms with Gasteiger partial charge in [0.15, 0.2) is 0 Å². The van der Waals surface area contributed by atoms with E-state index in [4.69, 9.17) is 16.5 Å². The Labute approximate surface area is 127 Å². The number of hydrogen-bond donors (Lipinski definition) is 2. The molecule has 4 N–H and O–H groups in total. The van der Waals surface area contributed by atoms with Gasteiger partial charge >= 0.3 is 0 Å². The third-order valence-corrected chi connectivity index (χ3v) is 3.69. The second-order valence-electron chi connectivity index (χ2n) is 5.16. The van der Waals surface area contributed by atoms with E-state index in [0.717, 1.165) is 27.5 Å². The molecule has 0 atom stereocenters. The predicted octanol–water partition coefficient (Wildman–Crippen LogP) is 1.28. The minimum Gasteiger partial charge on any atom is -0.366 e. The van der Waals surface area contributed by atoms with Crippen LogP contribution in [0.2, 0.25) is 0 Å². The predicted molar refractivity (Wildman–Crippen MR) is 87.9 cm³/mol. The van der Waals surface area contributed by atoms with Crippen molar-refractivity contribution < 1.29 is 4.79 Å². The van der Waals surface area contributed by atoms with Crippen molar-refractivity contribution in [3.8, 4) is 0 Å². The number of fused-ring (bicyclic) bond motifs is 3. The Kier molecular flexibility index (Phi) is 3.60. The van der Waals surface area contributed by atoms with Crippen LogP contribution in [0.1, 0.15) is 10.4 Å². The van der Waals surface area contributed by atoms with E-state index < -0.39 is 5.91 Å². The molecule has 0 spiro atoms. The molecule has 22 heavy (non-hydrogen) atoms. The smallest absolute Gasteiger partial charge is 0.248 e. The van der Waals surface area contributed by atoms with Crippen LogP contribution in [0.25, 0.3) is 21.7 Å². The summed E-state index contributed by atoms with van der Waals surface area (Å²) in [4.78, 5) is 22.3. The number of benzene rings is 1. The summed E-state index contributed by atoms with van der Waals surface area (Å²) in [5, 5.41) is 2.94. The van der Waals surface area contributed by atoms with Gasteiger partial charge in [-0.2, -0.15) is 0 Å². The van der Waals surface area contributed by atoms with Gasteiger partial charge in [0.1, 0.15) is 5.82 Å². The number of rotatable bonds is 4. The molecule has 6 nitrogen and oxygen atoms in total. The number of aromatic nitrogens is 2. The molecule has 0 bridgehead atoms. The Bertz CT molecular complexity index is 862. The molecule has 0 unspecified atom stereocenters. The van der Waals surface area contributed by atoms with Crippen LogP contribution >= 0.6 is 0 Å². The third kappa shape index (κ3) is 2.33. The number of carbonyl (C=O) groups is 1. The highest BCUT2D eigenvalue weighted by Crippen LogP contribution is 2.30. The standard InChI is InChI=1S/C16H17N5O/c1-21(7-5-17)16-12-4-6-19-9-13(12)11-3-2-10(15(18)22)8-14(11)20-16/h2-4,6,8-9H,5,7,17H2,1H3,(H2,18,22). The van der Waals surface area contributed by atoms with E-state index in [-0.39, 0.29) is 0 Å². The van der Waals surface area contributed by atoms with Crippen LogP contribution in [0.3, 0.4) is 0 Å². The number of pyridine rings is 2. The summed E-state index contributed by atoms with van der Waals surface area (Å²) in [7, 11) is 1.94. The molecule has 0 aliphatic heterocycles. The normalized spacial score (nSPS) is 11.0. The van der Waals surface area contributed by atoms with E-state index >= 15 is 0 Å². The molecule has 2 heterocycles. The second kappa shape index (κ2) is 5.57. The Morgan fingerprint density at radius 1 is 1.23 bits per heavy atom. The van der Waals surface area contributed by atoms with Crippen LogP contribution in [-0.4, -0.2) is 36.0 Å². The van der Waals surface area contributed by atoms with E-state index in [1.807, 2.05) is 30.3 Å². The van der Waals surface area contributed by atoms with E-state index in [2.05, 4.69) is 4.98 Å². The summed E-state index contributed by atoms with van der Waals surface area (Å²) >= 11 is 0. The summed E-state index contributed by atoms with van der Waals surface area (Å²) < 4.78 is 0. The van der Waals surface area contributed by atoms with Gasteiger partial charge in [0.25, 0.3) is 0 Å². The maximum Gasteiger partial charge on any atom is 0.248 e. The summed E-state index contributed by atoms with van der Waals surface area (Å²) in [5.74, 6) is 0.351. The van der Waals surface area contributed by atoms with Crippen molar-refractivity contribution in [2.24, 2.45) is 11.5 Å². The van der Waals surface area contributed by atoms with Crippen molar-refractivity contribution in [1.29, 1.82) is 0 Å². The highest BCUT2D eigenvalue weighted by molar-refractivity contribution is 6.11. The lowest BCUT2D eigenvalue weighted by molar-refractivity contribution is 0.100. The number of primary amides is 1. The summed E-state index contributed by atoms with van der Waals surface area (Å²) in [6, 6.07) is 7.22. The van der Waals surface area contributed by atoms with Gasteiger partial charge < -0.3 is 16.4 Å². The molecule has 3 aromatic rings. The largest absolute Gasteiger partial charge is 0.366 e. The molecule has 6 heteroatoms. The topological polar surface area (TPSA) is 98.1 Å². The molecule has 0 aliphatic rings. The van der Waals surface area contributed by atoms with Gasteiger partial charge in [-0.05, 0) is 18.2 Å². The molecule has 0 aliphatic carbocycles. The molecule has 1 aromatic carbocycles. The van der Waals surface area contributed by atoms with Crippen molar-refractivity contribution >= 4 is 33.4 Å². The molecule has 2 aromatic heterocycles. The lowest BCUT2D eigenvalue weighted by Gasteiger charge is -2.20. The van der Waals surface area contributed by atoms with E-state index in [9.17, 15) is 4.79 Å². The van der Waals surface area contributed by atoms with Crippen molar-refractivity contribution in [3.63, 3.8) is 0 Å². The maximum atomic E-state index is 11.4. The fourth-order valence-electron chi connectivity index (χ4n) is 2.57. The van der Waals surface area contributed by atoms with E-state index in [1.165, 1.54) is 0 Å². The number of amides is 1. The first kappa shape index (κ1) is 14.2. The molecule has 0 saturated heterocycles. The molecule has 1 amide bonds. The lowest BCUT2D eigenvalue weighted by atomic mass is 10.1. The Morgan fingerprint density at radius 2 is 2.05 bits per heavy atom. The van der Waals surface area contributed by atoms with Crippen LogP contribution in [0, 0.1) is 0 Å². The SMILES string of the molecule is CN(CCN)c1nc2cc(C(N)=O)ccc2c2cnccc12. The third-order valence-electron chi connectivity index (χ3n) is 3.69. The molecule has 0 radical (unpaired) electrons. The van der Waals surface area contributed by atoms with Crippen LogP contribution in [0.15, 0.2) is 36.7 Å². The van der Waals surface area contributed by atoms with Gasteiger partial charge in [-0.1, -0.05) is 6.07 Å². The van der Waals surface area contributed by atoms with Crippen LogP contribution in [0.4, 0.5) is 5.82 Å². The van der Waals surface area contributed by atoms with Crippen molar-refractivity contribution in [3.05, 3.63) is 42.2 Å². The van der Waals surface area contributed by atoms with Crippen molar-refractivity contribution in [2.75, 3.05) is 25.0 Å². The number of nitrogens with zero attached hydrogens (tertiary/aromatic N) is 3. The first-order valence-corrected chi connectivity index (χ1v) is 7.00. The van der Waals surface area contributed by atoms with Crippen molar-refractivity contribution in [2.45, 2.75) is 0 Å². The Morgan fingerprint density at radius 3 is 2.77 bits per heavy atom. The zero-order valence-corrected chi connectivity index (χ0v) is 12.3. The Balaban J connectivity index is 2.34. The summed E-state index contributed by atoms with van der Waals surface area (Å²) in [6.07, 6.45) is 3.55. The second-order valence-corrected chi connectivity index (χ2v) is 5.16. The first-order chi connectivity index (χ1) is 10.6. The number of anilines is 1. The quantitative estimate of drug-likeness (QED) is 0.706. The van der Waals surface area contributed by atoms with Gasteiger partial charge in [-0.25, -0.2) is 4.98 Å². The number of hydrogen-bond acceptors (Lipinski definition) is 5. The average Bonchev–Trinajstić information content (AvgIpc) is 2.53. The fraction of sp³-hybridized carbons (Fsp3) is 0.188. The number of likely N-dealkylation sites (N-methyl/N-ethyl adjacent to an activating group) is 1. The highest BCUT2D eigenvalue weighted by atomic mass is 16.1. The van der Waals surface area contributed by atoms with Crippen molar-refractivity contribution in [1.82, 2.24) is 9.97 Å². The van der Waals surface area contributed by atoms with Gasteiger partial charge in [0, 0.05) is 54.3 Å². The monoisotopic (exact) mass is 295 g/mol.